The number of ether oxygens (including phenoxy) is 1. The molecule has 0 aliphatic carbocycles. The Bertz CT molecular complexity index is 838. The molecular formula is C17H14N4O2S. The number of benzene rings is 1. The van der Waals surface area contributed by atoms with Gasteiger partial charge in [-0.1, -0.05) is 42.1 Å². The summed E-state index contributed by atoms with van der Waals surface area (Å²) in [6.45, 7) is 1.82. The van der Waals surface area contributed by atoms with Gasteiger partial charge in [0.1, 0.15) is 29.6 Å². The van der Waals surface area contributed by atoms with Crippen molar-refractivity contribution in [3.05, 3.63) is 52.6 Å². The molecule has 1 aromatic carbocycles. The van der Waals surface area contributed by atoms with Gasteiger partial charge in [-0.05, 0) is 18.1 Å². The van der Waals surface area contributed by atoms with Gasteiger partial charge >= 0.3 is 5.97 Å². The summed E-state index contributed by atoms with van der Waals surface area (Å²) in [7, 11) is 0. The second-order valence-corrected chi connectivity index (χ2v) is 5.80. The van der Waals surface area contributed by atoms with Crippen molar-refractivity contribution in [2.45, 2.75) is 18.6 Å². The van der Waals surface area contributed by atoms with Crippen LogP contribution in [0.3, 0.4) is 0 Å². The number of carbonyl (C=O) groups excluding carboxylic acids is 1. The normalized spacial score (nSPS) is 9.79. The number of hydrogen-bond acceptors (Lipinski definition) is 7. The summed E-state index contributed by atoms with van der Waals surface area (Å²) in [5.74, 6) is -0.372. The highest BCUT2D eigenvalue weighted by Crippen LogP contribution is 2.27. The summed E-state index contributed by atoms with van der Waals surface area (Å²) in [5.41, 5.74) is 7.52. The van der Waals surface area contributed by atoms with Gasteiger partial charge in [0.15, 0.2) is 0 Å². The van der Waals surface area contributed by atoms with Gasteiger partial charge < -0.3 is 10.5 Å². The third-order valence-corrected chi connectivity index (χ3v) is 4.18. The lowest BCUT2D eigenvalue weighted by Crippen LogP contribution is -2.09. The summed E-state index contributed by atoms with van der Waals surface area (Å²) < 4.78 is 5.17. The largest absolute Gasteiger partial charge is 0.460 e. The zero-order valence-corrected chi connectivity index (χ0v) is 13.8. The molecule has 0 fully saturated rings. The van der Waals surface area contributed by atoms with E-state index in [1.807, 2.05) is 42.5 Å². The van der Waals surface area contributed by atoms with Gasteiger partial charge in [0.2, 0.25) is 0 Å². The maximum atomic E-state index is 11.8. The van der Waals surface area contributed by atoms with E-state index in [9.17, 15) is 10.1 Å². The molecule has 0 aliphatic rings. The maximum absolute atomic E-state index is 11.8. The predicted octanol–water partition coefficient (Wildman–Crippen LogP) is 2.55. The number of aromatic nitrogens is 1. The first-order chi connectivity index (χ1) is 11.6. The summed E-state index contributed by atoms with van der Waals surface area (Å²) in [4.78, 5) is 15.9. The molecule has 0 saturated carbocycles. The van der Waals surface area contributed by atoms with Crippen molar-refractivity contribution < 1.29 is 9.53 Å². The summed E-state index contributed by atoms with van der Waals surface area (Å²) in [6, 6.07) is 13.3. The maximum Gasteiger partial charge on any atom is 0.316 e. The number of esters is 1. The molecule has 0 spiro atoms. The van der Waals surface area contributed by atoms with Crippen molar-refractivity contribution in [1.82, 2.24) is 4.98 Å². The minimum Gasteiger partial charge on any atom is -0.460 e. The van der Waals surface area contributed by atoms with Crippen LogP contribution >= 0.6 is 11.8 Å². The number of nitrogens with two attached hydrogens (primary N) is 1. The number of anilines is 1. The molecule has 2 N–H and O–H groups in total. The Morgan fingerprint density at radius 2 is 1.92 bits per heavy atom. The van der Waals surface area contributed by atoms with E-state index < -0.39 is 5.97 Å². The monoisotopic (exact) mass is 338 g/mol. The van der Waals surface area contributed by atoms with E-state index in [-0.39, 0.29) is 29.3 Å². The lowest BCUT2D eigenvalue weighted by atomic mass is 10.1. The van der Waals surface area contributed by atoms with Crippen LogP contribution in [0.1, 0.15) is 22.3 Å². The highest BCUT2D eigenvalue weighted by atomic mass is 32.2. The van der Waals surface area contributed by atoms with Crippen LogP contribution in [0.15, 0.2) is 35.4 Å². The molecule has 7 heteroatoms. The fourth-order valence-electron chi connectivity index (χ4n) is 1.98. The van der Waals surface area contributed by atoms with Crippen LogP contribution in [0.5, 0.6) is 0 Å². The van der Waals surface area contributed by atoms with Crippen LogP contribution < -0.4 is 5.73 Å². The van der Waals surface area contributed by atoms with Gasteiger partial charge in [-0.2, -0.15) is 10.5 Å². The van der Waals surface area contributed by atoms with E-state index in [0.717, 1.165) is 17.3 Å². The first-order valence-corrected chi connectivity index (χ1v) is 7.98. The minimum absolute atomic E-state index is 0.000701. The molecule has 24 heavy (non-hydrogen) atoms. The SMILES string of the molecule is Cc1c(C#N)c(N)nc(SCC(=O)OCc2ccccc2)c1C#N. The molecule has 1 heterocycles. The van der Waals surface area contributed by atoms with E-state index in [0.29, 0.717) is 10.6 Å². The third kappa shape index (κ3) is 4.03. The zero-order chi connectivity index (χ0) is 17.5. The number of nitriles is 2. The molecular weight excluding hydrogens is 324 g/mol. The number of hydrogen-bond donors (Lipinski definition) is 1. The van der Waals surface area contributed by atoms with Gasteiger partial charge in [-0.3, -0.25) is 4.79 Å². The number of nitrogen functional groups attached to an aromatic ring is 1. The molecule has 0 atom stereocenters. The van der Waals surface area contributed by atoms with Crippen molar-refractivity contribution in [2.75, 3.05) is 11.5 Å². The Kier molecular flexibility index (Phi) is 5.78. The van der Waals surface area contributed by atoms with E-state index in [1.165, 1.54) is 0 Å². The van der Waals surface area contributed by atoms with Crippen LogP contribution in [-0.4, -0.2) is 16.7 Å². The Balaban J connectivity index is 2.03. The van der Waals surface area contributed by atoms with E-state index in [2.05, 4.69) is 4.98 Å². The molecule has 1 aromatic heterocycles. The van der Waals surface area contributed by atoms with Crippen LogP contribution in [0.25, 0.3) is 0 Å². The Morgan fingerprint density at radius 1 is 1.25 bits per heavy atom. The van der Waals surface area contributed by atoms with Crippen LogP contribution in [-0.2, 0) is 16.1 Å². The topological polar surface area (TPSA) is 113 Å². The van der Waals surface area contributed by atoms with Gasteiger partial charge in [0.05, 0.1) is 16.9 Å². The lowest BCUT2D eigenvalue weighted by Gasteiger charge is -2.09. The number of nitrogens with zero attached hydrogens (tertiary/aromatic N) is 3. The van der Waals surface area contributed by atoms with E-state index in [4.69, 9.17) is 15.7 Å². The van der Waals surface area contributed by atoms with Crippen molar-refractivity contribution in [2.24, 2.45) is 0 Å². The molecule has 0 radical (unpaired) electrons. The van der Waals surface area contributed by atoms with E-state index >= 15 is 0 Å². The van der Waals surface area contributed by atoms with Crippen molar-refractivity contribution in [1.29, 1.82) is 10.5 Å². The Labute approximate surface area is 143 Å². The van der Waals surface area contributed by atoms with E-state index in [1.54, 1.807) is 6.92 Å². The van der Waals surface area contributed by atoms with Gasteiger partial charge in [-0.25, -0.2) is 4.98 Å². The molecule has 0 bridgehead atoms. The quantitative estimate of drug-likeness (QED) is 0.658. The first kappa shape index (κ1) is 17.3. The molecule has 6 nitrogen and oxygen atoms in total. The Morgan fingerprint density at radius 3 is 2.54 bits per heavy atom. The molecule has 0 amide bonds. The standard InChI is InChI=1S/C17H14N4O2S/c1-11-13(7-18)16(20)21-17(14(11)8-19)24-10-15(22)23-9-12-5-3-2-4-6-12/h2-6H,9-10H2,1H3,(H2,20,21). The molecule has 2 aromatic rings. The summed E-state index contributed by atoms with van der Waals surface area (Å²) >= 11 is 1.06. The third-order valence-electron chi connectivity index (χ3n) is 3.23. The van der Waals surface area contributed by atoms with Crippen molar-refractivity contribution in [3.63, 3.8) is 0 Å². The number of thioether (sulfide) groups is 1. The molecule has 0 saturated heterocycles. The highest BCUT2D eigenvalue weighted by molar-refractivity contribution is 7.99. The van der Waals surface area contributed by atoms with Crippen LogP contribution in [0.4, 0.5) is 5.82 Å². The smallest absolute Gasteiger partial charge is 0.316 e. The molecule has 0 unspecified atom stereocenters. The zero-order valence-electron chi connectivity index (χ0n) is 12.9. The lowest BCUT2D eigenvalue weighted by molar-refractivity contribution is -0.141. The first-order valence-electron chi connectivity index (χ1n) is 6.99. The fourth-order valence-corrected chi connectivity index (χ4v) is 2.83. The van der Waals surface area contributed by atoms with Gasteiger partial charge in [0, 0.05) is 0 Å². The Hall–Kier alpha value is -3.03. The summed E-state index contributed by atoms with van der Waals surface area (Å²) in [6.07, 6.45) is 0. The van der Waals surface area contributed by atoms with Gasteiger partial charge in [0.25, 0.3) is 0 Å². The number of carbonyl (C=O) groups is 1. The highest BCUT2D eigenvalue weighted by Gasteiger charge is 2.17. The predicted molar refractivity (Wildman–Crippen MR) is 89.8 cm³/mol. The minimum atomic E-state index is -0.421. The summed E-state index contributed by atoms with van der Waals surface area (Å²) in [5, 5.41) is 18.6. The average Bonchev–Trinajstić information content (AvgIpc) is 2.59. The second-order valence-electron chi connectivity index (χ2n) is 4.84. The number of pyridine rings is 1. The van der Waals surface area contributed by atoms with Crippen LogP contribution in [0, 0.1) is 29.6 Å². The fraction of sp³-hybridized carbons (Fsp3) is 0.176. The molecule has 0 aliphatic heterocycles. The number of rotatable bonds is 5. The average molecular weight is 338 g/mol. The van der Waals surface area contributed by atoms with Crippen LogP contribution in [0.2, 0.25) is 0 Å². The molecule has 120 valence electrons. The second kappa shape index (κ2) is 8.00. The molecule has 2 rings (SSSR count). The van der Waals surface area contributed by atoms with Crippen molar-refractivity contribution >= 4 is 23.5 Å². The van der Waals surface area contributed by atoms with Gasteiger partial charge in [-0.15, -0.1) is 0 Å². The van der Waals surface area contributed by atoms with Crippen molar-refractivity contribution in [3.8, 4) is 12.1 Å².